The zero-order valence-electron chi connectivity index (χ0n) is 10.1. The molecule has 3 N–H and O–H groups in total. The van der Waals surface area contributed by atoms with Crippen LogP contribution in [0.1, 0.15) is 12.5 Å². The van der Waals surface area contributed by atoms with Crippen LogP contribution in [0.4, 0.5) is 0 Å². The van der Waals surface area contributed by atoms with Crippen molar-refractivity contribution in [3.05, 3.63) is 26.6 Å². The summed E-state index contributed by atoms with van der Waals surface area (Å²) in [5, 5.41) is 21.0. The lowest BCUT2D eigenvalue weighted by Crippen LogP contribution is -2.28. The number of aliphatic hydroxyl groups excluding tert-OH is 2. The number of ether oxygens (including phenoxy) is 1. The van der Waals surface area contributed by atoms with Gasteiger partial charge in [-0.15, -0.1) is 0 Å². The second kappa shape index (κ2) is 8.12. The van der Waals surface area contributed by atoms with Crippen molar-refractivity contribution in [3.63, 3.8) is 0 Å². The van der Waals surface area contributed by atoms with Crippen molar-refractivity contribution >= 4 is 31.9 Å². The fourth-order valence-electron chi connectivity index (χ4n) is 1.44. The Morgan fingerprint density at radius 2 is 1.94 bits per heavy atom. The summed E-state index contributed by atoms with van der Waals surface area (Å²) in [6.45, 7) is 3.28. The average molecular weight is 383 g/mol. The summed E-state index contributed by atoms with van der Waals surface area (Å²) in [4.78, 5) is 0. The Morgan fingerprint density at radius 3 is 2.44 bits per heavy atom. The molecule has 0 saturated carbocycles. The Hall–Kier alpha value is -0.140. The first kappa shape index (κ1) is 15.9. The molecule has 0 fully saturated rings. The predicted octanol–water partition coefficient (Wildman–Crippen LogP) is 2.05. The lowest BCUT2D eigenvalue weighted by Gasteiger charge is -2.12. The minimum absolute atomic E-state index is 0.232. The van der Waals surface area contributed by atoms with Gasteiger partial charge in [0.25, 0.3) is 0 Å². The second-order valence-corrected chi connectivity index (χ2v) is 5.50. The molecule has 0 spiro atoms. The van der Waals surface area contributed by atoms with Crippen molar-refractivity contribution in [3.8, 4) is 5.75 Å². The van der Waals surface area contributed by atoms with Gasteiger partial charge in [0.1, 0.15) is 5.75 Å². The zero-order chi connectivity index (χ0) is 13.5. The van der Waals surface area contributed by atoms with Crippen molar-refractivity contribution in [2.75, 3.05) is 19.8 Å². The molecule has 1 rings (SSSR count). The van der Waals surface area contributed by atoms with Gasteiger partial charge >= 0.3 is 0 Å². The first-order chi connectivity index (χ1) is 8.58. The molecule has 0 aliphatic rings. The zero-order valence-corrected chi connectivity index (χ0v) is 13.3. The first-order valence-corrected chi connectivity index (χ1v) is 7.27. The fraction of sp³-hybridized carbons (Fsp3) is 0.500. The minimum Gasteiger partial charge on any atom is -0.492 e. The van der Waals surface area contributed by atoms with Crippen molar-refractivity contribution in [2.45, 2.75) is 19.6 Å². The molecule has 0 radical (unpaired) electrons. The highest BCUT2D eigenvalue weighted by Crippen LogP contribution is 2.34. The average Bonchev–Trinajstić information content (AvgIpc) is 2.33. The molecule has 0 bridgehead atoms. The molecule has 1 unspecified atom stereocenters. The molecule has 0 heterocycles. The van der Waals surface area contributed by atoms with Crippen molar-refractivity contribution in [2.24, 2.45) is 0 Å². The van der Waals surface area contributed by atoms with E-state index >= 15 is 0 Å². The van der Waals surface area contributed by atoms with Crippen LogP contribution in [0.3, 0.4) is 0 Å². The van der Waals surface area contributed by atoms with Gasteiger partial charge in [0.2, 0.25) is 0 Å². The van der Waals surface area contributed by atoms with Gasteiger partial charge in [-0.3, -0.25) is 0 Å². The second-order valence-electron chi connectivity index (χ2n) is 3.79. The van der Waals surface area contributed by atoms with Crippen LogP contribution in [0.15, 0.2) is 21.1 Å². The Morgan fingerprint density at radius 1 is 1.33 bits per heavy atom. The van der Waals surface area contributed by atoms with Gasteiger partial charge in [-0.2, -0.15) is 0 Å². The standard InChI is InChI=1S/C12H17Br2NO3/c1-2-18-12-10(13)3-8(4-11(12)14)5-15-6-9(17)7-16/h3-4,9,15-17H,2,5-7H2,1H3. The van der Waals surface area contributed by atoms with E-state index in [1.807, 2.05) is 19.1 Å². The maximum Gasteiger partial charge on any atom is 0.147 e. The van der Waals surface area contributed by atoms with Crippen molar-refractivity contribution < 1.29 is 14.9 Å². The van der Waals surface area contributed by atoms with Crippen LogP contribution < -0.4 is 10.1 Å². The lowest BCUT2D eigenvalue weighted by atomic mass is 10.2. The van der Waals surface area contributed by atoms with Gasteiger partial charge in [0.15, 0.2) is 0 Å². The molecular weight excluding hydrogens is 366 g/mol. The molecule has 0 aliphatic heterocycles. The number of aliphatic hydroxyl groups is 2. The fourth-order valence-corrected chi connectivity index (χ4v) is 2.95. The van der Waals surface area contributed by atoms with E-state index in [1.54, 1.807) is 0 Å². The number of hydrogen-bond acceptors (Lipinski definition) is 4. The van der Waals surface area contributed by atoms with Crippen LogP contribution in [0.25, 0.3) is 0 Å². The van der Waals surface area contributed by atoms with E-state index < -0.39 is 6.10 Å². The van der Waals surface area contributed by atoms with E-state index in [-0.39, 0.29) is 6.61 Å². The third-order valence-corrected chi connectivity index (χ3v) is 3.44. The minimum atomic E-state index is -0.723. The van der Waals surface area contributed by atoms with E-state index in [9.17, 15) is 5.11 Å². The van der Waals surface area contributed by atoms with E-state index in [0.717, 1.165) is 20.3 Å². The molecule has 0 aromatic heterocycles. The van der Waals surface area contributed by atoms with Gasteiger partial charge in [0, 0.05) is 13.1 Å². The Balaban J connectivity index is 2.63. The van der Waals surface area contributed by atoms with Crippen LogP contribution in [0, 0.1) is 0 Å². The summed E-state index contributed by atoms with van der Waals surface area (Å²) in [5.41, 5.74) is 1.06. The highest BCUT2D eigenvalue weighted by Gasteiger charge is 2.09. The summed E-state index contributed by atoms with van der Waals surface area (Å²) < 4.78 is 7.27. The van der Waals surface area contributed by atoms with E-state index in [1.165, 1.54) is 0 Å². The number of rotatable bonds is 7. The molecule has 1 aromatic carbocycles. The molecule has 0 aliphatic carbocycles. The smallest absolute Gasteiger partial charge is 0.147 e. The lowest BCUT2D eigenvalue weighted by molar-refractivity contribution is 0.0942. The molecule has 6 heteroatoms. The first-order valence-electron chi connectivity index (χ1n) is 5.68. The highest BCUT2D eigenvalue weighted by molar-refractivity contribution is 9.11. The topological polar surface area (TPSA) is 61.7 Å². The Labute approximate surface area is 124 Å². The van der Waals surface area contributed by atoms with Crippen LogP contribution in [0.5, 0.6) is 5.75 Å². The number of halogens is 2. The summed E-state index contributed by atoms with van der Waals surface area (Å²) in [7, 11) is 0. The molecule has 1 aromatic rings. The summed E-state index contributed by atoms with van der Waals surface area (Å²) >= 11 is 6.92. The van der Waals surface area contributed by atoms with E-state index in [4.69, 9.17) is 9.84 Å². The van der Waals surface area contributed by atoms with Gasteiger partial charge < -0.3 is 20.3 Å². The largest absolute Gasteiger partial charge is 0.492 e. The monoisotopic (exact) mass is 381 g/mol. The third kappa shape index (κ3) is 4.85. The summed E-state index contributed by atoms with van der Waals surface area (Å²) in [5.74, 6) is 0.789. The van der Waals surface area contributed by atoms with Crippen molar-refractivity contribution in [1.82, 2.24) is 5.32 Å². The molecule has 4 nitrogen and oxygen atoms in total. The van der Waals surface area contributed by atoms with Crippen LogP contribution >= 0.6 is 31.9 Å². The van der Waals surface area contributed by atoms with Gasteiger partial charge in [-0.05, 0) is 56.5 Å². The Kier molecular flexibility index (Phi) is 7.18. The van der Waals surface area contributed by atoms with Gasteiger partial charge in [-0.1, -0.05) is 0 Å². The van der Waals surface area contributed by atoms with Crippen LogP contribution in [0.2, 0.25) is 0 Å². The van der Waals surface area contributed by atoms with E-state index in [2.05, 4.69) is 37.2 Å². The quantitative estimate of drug-likeness (QED) is 0.675. The van der Waals surface area contributed by atoms with Crippen molar-refractivity contribution in [1.29, 1.82) is 0 Å². The third-order valence-electron chi connectivity index (χ3n) is 2.27. The highest BCUT2D eigenvalue weighted by atomic mass is 79.9. The Bertz CT molecular complexity index is 365. The number of benzene rings is 1. The summed E-state index contributed by atoms with van der Waals surface area (Å²) in [6, 6.07) is 3.93. The molecule has 0 saturated heterocycles. The van der Waals surface area contributed by atoms with Gasteiger partial charge in [-0.25, -0.2) is 0 Å². The van der Waals surface area contributed by atoms with Gasteiger partial charge in [0.05, 0.1) is 28.3 Å². The summed E-state index contributed by atoms with van der Waals surface area (Å²) in [6.07, 6.45) is -0.723. The maximum atomic E-state index is 9.21. The molecular formula is C12H17Br2NO3. The molecule has 1 atom stereocenters. The SMILES string of the molecule is CCOc1c(Br)cc(CNCC(O)CO)cc1Br. The van der Waals surface area contributed by atoms with E-state index in [0.29, 0.717) is 19.7 Å². The molecule has 0 amide bonds. The number of hydrogen-bond donors (Lipinski definition) is 3. The number of nitrogens with one attached hydrogen (secondary N) is 1. The van der Waals surface area contributed by atoms with Crippen LogP contribution in [-0.4, -0.2) is 36.1 Å². The molecule has 18 heavy (non-hydrogen) atoms. The maximum absolute atomic E-state index is 9.21. The van der Waals surface area contributed by atoms with Crippen LogP contribution in [-0.2, 0) is 6.54 Å². The molecule has 102 valence electrons. The predicted molar refractivity (Wildman–Crippen MR) is 77.8 cm³/mol. The normalized spacial score (nSPS) is 12.5.